The number of hydrogen-bond acceptors (Lipinski definition) is 2. The number of aryl methyl sites for hydroxylation is 2. The molecule has 1 aliphatic carbocycles. The Hall–Kier alpha value is -1.92. The molecule has 1 saturated carbocycles. The van der Waals surface area contributed by atoms with E-state index in [1.54, 1.807) is 6.07 Å². The fourth-order valence-electron chi connectivity index (χ4n) is 5.66. The second kappa shape index (κ2) is 12.6. The maximum Gasteiger partial charge on any atom is 0.416 e. The van der Waals surface area contributed by atoms with Gasteiger partial charge in [0.15, 0.2) is 6.29 Å². The number of benzene rings is 2. The molecule has 0 N–H and O–H groups in total. The lowest BCUT2D eigenvalue weighted by Gasteiger charge is -2.37. The first kappa shape index (κ1) is 27.1. The Labute approximate surface area is 212 Å². The van der Waals surface area contributed by atoms with Gasteiger partial charge in [-0.25, -0.2) is 4.39 Å². The van der Waals surface area contributed by atoms with Crippen molar-refractivity contribution in [3.05, 3.63) is 70.5 Å². The maximum atomic E-state index is 14.8. The number of ether oxygens (including phenoxy) is 2. The Bertz CT molecular complexity index is 940. The molecule has 2 nitrogen and oxygen atoms in total. The topological polar surface area (TPSA) is 18.5 Å². The predicted molar refractivity (Wildman–Crippen MR) is 133 cm³/mol. The van der Waals surface area contributed by atoms with Crippen molar-refractivity contribution in [2.45, 2.75) is 89.5 Å². The lowest BCUT2D eigenvalue weighted by atomic mass is 9.78. The van der Waals surface area contributed by atoms with E-state index in [0.29, 0.717) is 36.2 Å². The third-order valence-corrected chi connectivity index (χ3v) is 7.84. The monoisotopic (exact) mass is 506 g/mol. The van der Waals surface area contributed by atoms with E-state index in [1.165, 1.54) is 12.1 Å². The summed E-state index contributed by atoms with van der Waals surface area (Å²) in [7, 11) is 0. The molecule has 1 aliphatic heterocycles. The first-order valence-corrected chi connectivity index (χ1v) is 13.5. The van der Waals surface area contributed by atoms with Gasteiger partial charge in [0, 0.05) is 11.8 Å². The molecule has 0 radical (unpaired) electrons. The first-order chi connectivity index (χ1) is 17.3. The highest BCUT2D eigenvalue weighted by Gasteiger charge is 2.33. The second-order valence-electron chi connectivity index (χ2n) is 10.6. The summed E-state index contributed by atoms with van der Waals surface area (Å²) in [6.07, 6.45) is 4.98. The van der Waals surface area contributed by atoms with Crippen LogP contribution in [0.5, 0.6) is 0 Å². The summed E-state index contributed by atoms with van der Waals surface area (Å²) in [6, 6.07) is 11.0. The van der Waals surface area contributed by atoms with Crippen molar-refractivity contribution in [3.63, 3.8) is 0 Å². The molecule has 1 heterocycles. The zero-order valence-electron chi connectivity index (χ0n) is 21.2. The Morgan fingerprint density at radius 1 is 0.861 bits per heavy atom. The minimum absolute atomic E-state index is 0.0826. The van der Waals surface area contributed by atoms with Gasteiger partial charge in [0.1, 0.15) is 5.82 Å². The summed E-state index contributed by atoms with van der Waals surface area (Å²) in [4.78, 5) is 0. The summed E-state index contributed by atoms with van der Waals surface area (Å²) in [5.74, 6) is 1.18. The van der Waals surface area contributed by atoms with Crippen LogP contribution in [0.15, 0.2) is 42.5 Å². The van der Waals surface area contributed by atoms with Crippen LogP contribution in [0.3, 0.4) is 0 Å². The highest BCUT2D eigenvalue weighted by Crippen LogP contribution is 2.39. The SMILES string of the molecule is CCCC1COC(C2CCC(c3ccc(CCCCc4ccc(C(F)(F)F)cc4)c(F)c3)CC2)OC1. The number of halogens is 4. The molecule has 4 rings (SSSR count). The molecule has 0 amide bonds. The van der Waals surface area contributed by atoms with E-state index >= 15 is 0 Å². The summed E-state index contributed by atoms with van der Waals surface area (Å²) in [6.45, 7) is 3.79. The lowest BCUT2D eigenvalue weighted by Crippen LogP contribution is -2.38. The van der Waals surface area contributed by atoms with Gasteiger partial charge in [0.2, 0.25) is 0 Å². The molecular weight excluding hydrogens is 468 g/mol. The van der Waals surface area contributed by atoms with Crippen molar-refractivity contribution in [2.75, 3.05) is 13.2 Å². The van der Waals surface area contributed by atoms with Gasteiger partial charge in [-0.05, 0) is 98.6 Å². The van der Waals surface area contributed by atoms with Gasteiger partial charge in [0.05, 0.1) is 18.8 Å². The fourth-order valence-corrected chi connectivity index (χ4v) is 5.66. The molecule has 1 saturated heterocycles. The van der Waals surface area contributed by atoms with Crippen LogP contribution in [0.25, 0.3) is 0 Å². The number of unbranched alkanes of at least 4 members (excludes halogenated alkanes) is 1. The molecule has 0 bridgehead atoms. The van der Waals surface area contributed by atoms with E-state index in [2.05, 4.69) is 13.0 Å². The first-order valence-electron chi connectivity index (χ1n) is 13.5. The summed E-state index contributed by atoms with van der Waals surface area (Å²) >= 11 is 0. The highest BCUT2D eigenvalue weighted by molar-refractivity contribution is 5.28. The van der Waals surface area contributed by atoms with Gasteiger partial charge in [-0.3, -0.25) is 0 Å². The van der Waals surface area contributed by atoms with E-state index < -0.39 is 11.7 Å². The Kier molecular flexibility index (Phi) is 9.46. The minimum Gasteiger partial charge on any atom is -0.352 e. The van der Waals surface area contributed by atoms with Gasteiger partial charge in [-0.2, -0.15) is 13.2 Å². The smallest absolute Gasteiger partial charge is 0.352 e. The largest absolute Gasteiger partial charge is 0.416 e. The van der Waals surface area contributed by atoms with Gasteiger partial charge in [-0.15, -0.1) is 0 Å². The Balaban J connectivity index is 1.19. The van der Waals surface area contributed by atoms with Crippen molar-refractivity contribution in [3.8, 4) is 0 Å². The lowest BCUT2D eigenvalue weighted by molar-refractivity contribution is -0.229. The van der Waals surface area contributed by atoms with Crippen LogP contribution < -0.4 is 0 Å². The molecule has 2 fully saturated rings. The van der Waals surface area contributed by atoms with E-state index in [4.69, 9.17) is 9.47 Å². The molecule has 2 aliphatic rings. The number of hydrogen-bond donors (Lipinski definition) is 0. The average molecular weight is 507 g/mol. The van der Waals surface area contributed by atoms with Gasteiger partial charge in [-0.1, -0.05) is 37.6 Å². The zero-order chi connectivity index (χ0) is 25.5. The molecule has 0 unspecified atom stereocenters. The van der Waals surface area contributed by atoms with Gasteiger partial charge < -0.3 is 9.47 Å². The highest BCUT2D eigenvalue weighted by atomic mass is 19.4. The summed E-state index contributed by atoms with van der Waals surface area (Å²) < 4.78 is 64.9. The van der Waals surface area contributed by atoms with Gasteiger partial charge in [0.25, 0.3) is 0 Å². The number of rotatable bonds is 9. The Morgan fingerprint density at radius 2 is 1.53 bits per heavy atom. The van der Waals surface area contributed by atoms with E-state index in [9.17, 15) is 17.6 Å². The van der Waals surface area contributed by atoms with Crippen LogP contribution in [0.1, 0.15) is 86.5 Å². The molecular formula is C30H38F4O2. The van der Waals surface area contributed by atoms with Crippen LogP contribution in [0, 0.1) is 17.7 Å². The van der Waals surface area contributed by atoms with Crippen molar-refractivity contribution < 1.29 is 27.0 Å². The third-order valence-electron chi connectivity index (χ3n) is 7.84. The van der Waals surface area contributed by atoms with Crippen LogP contribution >= 0.6 is 0 Å². The molecule has 36 heavy (non-hydrogen) atoms. The molecule has 198 valence electrons. The van der Waals surface area contributed by atoms with Crippen molar-refractivity contribution >= 4 is 0 Å². The molecule has 2 aromatic rings. The van der Waals surface area contributed by atoms with Crippen LogP contribution in [0.2, 0.25) is 0 Å². The molecule has 0 spiro atoms. The normalized spacial score (nSPS) is 25.1. The Morgan fingerprint density at radius 3 is 2.14 bits per heavy atom. The molecule has 6 heteroatoms. The van der Waals surface area contributed by atoms with E-state index in [-0.39, 0.29) is 12.1 Å². The quantitative estimate of drug-likeness (QED) is 0.251. The zero-order valence-corrected chi connectivity index (χ0v) is 21.2. The van der Waals surface area contributed by atoms with Crippen LogP contribution in [-0.2, 0) is 28.5 Å². The standard InChI is InChI=1S/C30H38F4O2/c1-2-5-22-19-35-29(36-20-22)25-13-10-23(11-14-25)26-15-12-24(28(31)18-26)7-4-3-6-21-8-16-27(17-9-21)30(32,33)34/h8-9,12,15-18,22-23,25,29H,2-7,10-11,13-14,19-20H2,1H3. The maximum absolute atomic E-state index is 14.8. The van der Waals surface area contributed by atoms with Gasteiger partial charge >= 0.3 is 6.18 Å². The van der Waals surface area contributed by atoms with E-state index in [1.807, 2.05) is 6.07 Å². The number of alkyl halides is 3. The van der Waals surface area contributed by atoms with Crippen LogP contribution in [0.4, 0.5) is 17.6 Å². The summed E-state index contributed by atoms with van der Waals surface area (Å²) in [5, 5.41) is 0. The van der Waals surface area contributed by atoms with Crippen molar-refractivity contribution in [1.82, 2.24) is 0 Å². The van der Waals surface area contributed by atoms with Crippen molar-refractivity contribution in [1.29, 1.82) is 0 Å². The predicted octanol–water partition coefficient (Wildman–Crippen LogP) is 8.47. The fraction of sp³-hybridized carbons (Fsp3) is 0.600. The molecule has 2 aromatic carbocycles. The average Bonchev–Trinajstić information content (AvgIpc) is 2.88. The third kappa shape index (κ3) is 7.32. The summed E-state index contributed by atoms with van der Waals surface area (Å²) in [5.41, 5.74) is 2.04. The molecule has 0 atom stereocenters. The molecule has 0 aromatic heterocycles. The second-order valence-corrected chi connectivity index (χ2v) is 10.6. The van der Waals surface area contributed by atoms with Crippen molar-refractivity contribution in [2.24, 2.45) is 11.8 Å². The van der Waals surface area contributed by atoms with Crippen LogP contribution in [-0.4, -0.2) is 19.5 Å². The van der Waals surface area contributed by atoms with E-state index in [0.717, 1.165) is 87.8 Å². The minimum atomic E-state index is -4.31.